The number of piperazine rings is 1. The van der Waals surface area contributed by atoms with Gasteiger partial charge in [-0.15, -0.1) is 0 Å². The van der Waals surface area contributed by atoms with Crippen LogP contribution in [0, 0.1) is 0 Å². The van der Waals surface area contributed by atoms with E-state index in [1.54, 1.807) is 0 Å². The van der Waals surface area contributed by atoms with E-state index in [0.717, 1.165) is 32.7 Å². The molecule has 0 aromatic heterocycles. The number of piperidine rings is 1. The second-order valence-electron chi connectivity index (χ2n) is 5.51. The molecular formula is C13H25N3O2. The molecule has 1 atom stereocenters. The quantitative estimate of drug-likeness (QED) is 0.779. The van der Waals surface area contributed by atoms with Crippen molar-refractivity contribution >= 4 is 5.97 Å². The molecule has 2 fully saturated rings. The molecule has 5 heteroatoms. The van der Waals surface area contributed by atoms with Crippen molar-refractivity contribution in [2.24, 2.45) is 0 Å². The lowest BCUT2D eigenvalue weighted by Gasteiger charge is -2.44. The molecule has 2 heterocycles. The van der Waals surface area contributed by atoms with Gasteiger partial charge >= 0.3 is 5.97 Å². The van der Waals surface area contributed by atoms with E-state index in [1.807, 2.05) is 6.92 Å². The number of aliphatic carboxylic acids is 1. The lowest BCUT2D eigenvalue weighted by atomic mass is 10.0. The minimum atomic E-state index is -0.672. The van der Waals surface area contributed by atoms with Crippen molar-refractivity contribution in [3.05, 3.63) is 0 Å². The van der Waals surface area contributed by atoms with E-state index >= 15 is 0 Å². The van der Waals surface area contributed by atoms with E-state index in [1.165, 1.54) is 12.8 Å². The zero-order valence-corrected chi connectivity index (χ0v) is 11.5. The van der Waals surface area contributed by atoms with Crippen LogP contribution in [0.3, 0.4) is 0 Å². The van der Waals surface area contributed by atoms with Crippen LogP contribution in [0.15, 0.2) is 0 Å². The number of likely N-dealkylation sites (tertiary alicyclic amines) is 1. The van der Waals surface area contributed by atoms with Crippen molar-refractivity contribution in [2.45, 2.75) is 31.8 Å². The summed E-state index contributed by atoms with van der Waals surface area (Å²) in [6.07, 6.45) is 2.35. The highest BCUT2D eigenvalue weighted by molar-refractivity contribution is 5.74. The molecule has 2 aliphatic heterocycles. The van der Waals surface area contributed by atoms with Gasteiger partial charge in [-0.05, 0) is 39.5 Å². The molecule has 5 nitrogen and oxygen atoms in total. The molecule has 0 aromatic carbocycles. The van der Waals surface area contributed by atoms with Crippen LogP contribution in [0.5, 0.6) is 0 Å². The smallest absolute Gasteiger partial charge is 0.322 e. The highest BCUT2D eigenvalue weighted by Gasteiger charge is 2.34. The zero-order chi connectivity index (χ0) is 13.1. The summed E-state index contributed by atoms with van der Waals surface area (Å²) in [5.41, 5.74) is 0. The van der Waals surface area contributed by atoms with Crippen molar-refractivity contribution in [3.63, 3.8) is 0 Å². The first-order chi connectivity index (χ1) is 8.61. The largest absolute Gasteiger partial charge is 0.480 e. The maximum atomic E-state index is 11.3. The van der Waals surface area contributed by atoms with Gasteiger partial charge in [0.2, 0.25) is 0 Å². The van der Waals surface area contributed by atoms with E-state index in [4.69, 9.17) is 0 Å². The summed E-state index contributed by atoms with van der Waals surface area (Å²) in [6.45, 7) is 7.75. The molecule has 0 radical (unpaired) electrons. The summed E-state index contributed by atoms with van der Waals surface area (Å²) in [4.78, 5) is 18.2. The summed E-state index contributed by atoms with van der Waals surface area (Å²) in [6, 6.07) is 0.269. The van der Waals surface area contributed by atoms with Crippen LogP contribution in [0.2, 0.25) is 0 Å². The van der Waals surface area contributed by atoms with Crippen LogP contribution in [-0.4, -0.2) is 84.2 Å². The van der Waals surface area contributed by atoms with Crippen LogP contribution < -0.4 is 0 Å². The Morgan fingerprint density at radius 3 is 2.44 bits per heavy atom. The first kappa shape index (κ1) is 13.8. The fourth-order valence-corrected chi connectivity index (χ4v) is 3.15. The number of nitrogens with zero attached hydrogens (tertiary/aromatic N) is 3. The van der Waals surface area contributed by atoms with Gasteiger partial charge in [-0.3, -0.25) is 14.6 Å². The van der Waals surface area contributed by atoms with Gasteiger partial charge in [0.05, 0.1) is 0 Å². The molecule has 0 spiro atoms. The number of carboxylic acid groups (broad SMARTS) is 1. The van der Waals surface area contributed by atoms with Crippen molar-refractivity contribution in [3.8, 4) is 0 Å². The van der Waals surface area contributed by atoms with Crippen LogP contribution in [0.1, 0.15) is 19.8 Å². The zero-order valence-electron chi connectivity index (χ0n) is 11.5. The number of rotatable bonds is 3. The molecule has 0 aromatic rings. The van der Waals surface area contributed by atoms with Crippen LogP contribution in [0.25, 0.3) is 0 Å². The third kappa shape index (κ3) is 3.02. The fourth-order valence-electron chi connectivity index (χ4n) is 3.15. The first-order valence-electron chi connectivity index (χ1n) is 7.01. The monoisotopic (exact) mass is 255 g/mol. The molecule has 0 saturated carbocycles. The summed E-state index contributed by atoms with van der Waals surface area (Å²) in [5.74, 6) is -0.672. The van der Waals surface area contributed by atoms with Gasteiger partial charge in [-0.2, -0.15) is 0 Å². The van der Waals surface area contributed by atoms with Crippen LogP contribution >= 0.6 is 0 Å². The van der Waals surface area contributed by atoms with E-state index < -0.39 is 5.97 Å². The maximum Gasteiger partial charge on any atom is 0.322 e. The van der Waals surface area contributed by atoms with Crippen molar-refractivity contribution in [1.82, 2.24) is 14.7 Å². The van der Waals surface area contributed by atoms with Gasteiger partial charge in [0, 0.05) is 25.7 Å². The Labute approximate surface area is 109 Å². The van der Waals surface area contributed by atoms with Crippen LogP contribution in [-0.2, 0) is 4.79 Å². The normalized spacial score (nSPS) is 29.6. The molecule has 0 amide bonds. The van der Waals surface area contributed by atoms with Gasteiger partial charge in [0.15, 0.2) is 0 Å². The first-order valence-corrected chi connectivity index (χ1v) is 7.01. The summed E-state index contributed by atoms with van der Waals surface area (Å²) >= 11 is 0. The van der Waals surface area contributed by atoms with E-state index in [0.29, 0.717) is 12.6 Å². The average molecular weight is 255 g/mol. The molecule has 2 saturated heterocycles. The third-order valence-corrected chi connectivity index (χ3v) is 4.42. The van der Waals surface area contributed by atoms with Crippen molar-refractivity contribution in [2.75, 3.05) is 46.3 Å². The Kier molecular flexibility index (Phi) is 4.59. The Morgan fingerprint density at radius 1 is 1.22 bits per heavy atom. The van der Waals surface area contributed by atoms with Gasteiger partial charge in [-0.25, -0.2) is 0 Å². The lowest BCUT2D eigenvalue weighted by Crippen LogP contribution is -2.59. The molecule has 2 rings (SSSR count). The highest BCUT2D eigenvalue weighted by atomic mass is 16.4. The van der Waals surface area contributed by atoms with Gasteiger partial charge in [0.1, 0.15) is 6.04 Å². The summed E-state index contributed by atoms with van der Waals surface area (Å²) in [7, 11) is 2.16. The molecule has 1 unspecified atom stereocenters. The highest BCUT2D eigenvalue weighted by Crippen LogP contribution is 2.19. The van der Waals surface area contributed by atoms with Crippen LogP contribution in [0.4, 0.5) is 0 Å². The average Bonchev–Trinajstić information content (AvgIpc) is 2.39. The molecule has 2 aliphatic rings. The topological polar surface area (TPSA) is 47.0 Å². The predicted octanol–water partition coefficient (Wildman–Crippen LogP) is 0.171. The summed E-state index contributed by atoms with van der Waals surface area (Å²) < 4.78 is 0. The lowest BCUT2D eigenvalue weighted by molar-refractivity contribution is -0.146. The minimum absolute atomic E-state index is 0.316. The summed E-state index contributed by atoms with van der Waals surface area (Å²) in [5, 5.41) is 9.32. The standard InChI is InChI=1S/C13H25N3O2/c1-3-15-8-9-16(10-12(15)13(17)18)11-4-6-14(2)7-5-11/h11-12H,3-10H2,1-2H3,(H,17,18). The number of carboxylic acids is 1. The second kappa shape index (κ2) is 5.99. The number of likely N-dealkylation sites (N-methyl/N-ethyl adjacent to an activating group) is 1. The molecule has 1 N–H and O–H groups in total. The number of hydrogen-bond acceptors (Lipinski definition) is 4. The van der Waals surface area contributed by atoms with Crippen molar-refractivity contribution < 1.29 is 9.90 Å². The number of carbonyl (C=O) groups is 1. The Bertz CT molecular complexity index is 290. The van der Waals surface area contributed by atoms with E-state index in [-0.39, 0.29) is 6.04 Å². The fraction of sp³-hybridized carbons (Fsp3) is 0.923. The maximum absolute atomic E-state index is 11.3. The third-order valence-electron chi connectivity index (χ3n) is 4.42. The number of hydrogen-bond donors (Lipinski definition) is 1. The van der Waals surface area contributed by atoms with E-state index in [2.05, 4.69) is 21.7 Å². The molecule has 0 aliphatic carbocycles. The van der Waals surface area contributed by atoms with Gasteiger partial charge < -0.3 is 10.0 Å². The molecule has 0 bridgehead atoms. The minimum Gasteiger partial charge on any atom is -0.480 e. The molecule has 18 heavy (non-hydrogen) atoms. The molecular weight excluding hydrogens is 230 g/mol. The van der Waals surface area contributed by atoms with Gasteiger partial charge in [0.25, 0.3) is 0 Å². The Balaban J connectivity index is 1.93. The second-order valence-corrected chi connectivity index (χ2v) is 5.51. The Morgan fingerprint density at radius 2 is 1.89 bits per heavy atom. The van der Waals surface area contributed by atoms with Gasteiger partial charge in [-0.1, -0.05) is 6.92 Å². The molecule has 104 valence electrons. The predicted molar refractivity (Wildman–Crippen MR) is 70.8 cm³/mol. The van der Waals surface area contributed by atoms with Crippen molar-refractivity contribution in [1.29, 1.82) is 0 Å². The Hall–Kier alpha value is -0.650. The van der Waals surface area contributed by atoms with E-state index in [9.17, 15) is 9.90 Å². The SMILES string of the molecule is CCN1CCN(C2CCN(C)CC2)CC1C(=O)O.